The maximum Gasteiger partial charge on any atom is -0.0153 e. The van der Waals surface area contributed by atoms with Crippen LogP contribution in [0, 0.1) is 13.8 Å². The summed E-state index contributed by atoms with van der Waals surface area (Å²) in [4.78, 5) is 0. The number of hydrogen-bond donors (Lipinski definition) is 0. The third kappa shape index (κ3) is 3.21. The van der Waals surface area contributed by atoms with Gasteiger partial charge in [0.05, 0.1) is 0 Å². The van der Waals surface area contributed by atoms with E-state index in [0.717, 1.165) is 11.8 Å². The summed E-state index contributed by atoms with van der Waals surface area (Å²) in [6, 6.07) is 2.46. The van der Waals surface area contributed by atoms with Crippen molar-refractivity contribution < 1.29 is 0 Å². The monoisotopic (exact) mass is 302 g/mol. The van der Waals surface area contributed by atoms with Crippen LogP contribution in [0.5, 0.6) is 0 Å². The number of aryl methyl sites for hydroxylation is 1. The maximum atomic E-state index is 3.04. The third-order valence-electron chi connectivity index (χ3n) is 5.94. The summed E-state index contributed by atoms with van der Waals surface area (Å²) >= 11 is 0. The summed E-state index contributed by atoms with van der Waals surface area (Å²) in [5.74, 6) is 1.67. The van der Waals surface area contributed by atoms with E-state index in [9.17, 15) is 0 Å². The molecule has 0 N–H and O–H groups in total. The topological polar surface area (TPSA) is 0 Å². The molecule has 1 unspecified atom stereocenters. The minimum absolute atomic E-state index is 0.828. The molecule has 2 saturated carbocycles. The van der Waals surface area contributed by atoms with E-state index in [0.29, 0.717) is 0 Å². The predicted octanol–water partition coefficient (Wildman–Crippen LogP) is 5.90. The smallest absolute Gasteiger partial charge is 0.0153 e. The quantitative estimate of drug-likeness (QED) is 0.597. The minimum Gasteiger partial charge on any atom is -0.105 e. The van der Waals surface area contributed by atoms with Crippen LogP contribution >= 0.6 is 9.24 Å². The molecule has 0 heterocycles. The predicted molar refractivity (Wildman–Crippen MR) is 96.9 cm³/mol. The van der Waals surface area contributed by atoms with Gasteiger partial charge in [-0.25, -0.2) is 0 Å². The second kappa shape index (κ2) is 6.82. The average Bonchev–Trinajstić information content (AvgIpc) is 2.49. The molecule has 0 saturated heterocycles. The van der Waals surface area contributed by atoms with Crippen molar-refractivity contribution in [2.45, 2.75) is 89.9 Å². The molecule has 116 valence electrons. The molecule has 21 heavy (non-hydrogen) atoms. The van der Waals surface area contributed by atoms with Crippen molar-refractivity contribution in [3.63, 3.8) is 0 Å². The summed E-state index contributed by atoms with van der Waals surface area (Å²) in [6.07, 6.45) is 14.3. The Morgan fingerprint density at radius 1 is 0.762 bits per heavy atom. The summed E-state index contributed by atoms with van der Waals surface area (Å²) in [6.45, 7) is 4.77. The van der Waals surface area contributed by atoms with Gasteiger partial charge in [0.15, 0.2) is 0 Å². The van der Waals surface area contributed by atoms with Crippen molar-refractivity contribution in [1.29, 1.82) is 0 Å². The van der Waals surface area contributed by atoms with Crippen LogP contribution in [0.2, 0.25) is 0 Å². The first-order valence-corrected chi connectivity index (χ1v) is 9.65. The highest BCUT2D eigenvalue weighted by molar-refractivity contribution is 7.27. The Labute approximate surface area is 133 Å². The molecule has 1 aromatic rings. The molecule has 0 spiro atoms. The zero-order chi connectivity index (χ0) is 14.8. The van der Waals surface area contributed by atoms with Gasteiger partial charge in [-0.1, -0.05) is 44.6 Å². The van der Waals surface area contributed by atoms with Crippen molar-refractivity contribution in [2.24, 2.45) is 0 Å². The molecule has 0 aliphatic heterocycles. The molecule has 3 rings (SSSR count). The van der Waals surface area contributed by atoms with Gasteiger partial charge in [0.25, 0.3) is 0 Å². The van der Waals surface area contributed by atoms with Crippen LogP contribution in [0.25, 0.3) is 0 Å². The molecule has 0 radical (unpaired) electrons. The Kier molecular flexibility index (Phi) is 5.05. The van der Waals surface area contributed by atoms with Crippen LogP contribution in [-0.4, -0.2) is 0 Å². The molecule has 0 bridgehead atoms. The Morgan fingerprint density at radius 3 is 1.76 bits per heavy atom. The molecule has 2 fully saturated rings. The Hall–Kier alpha value is -0.350. The van der Waals surface area contributed by atoms with Crippen LogP contribution < -0.4 is 5.30 Å². The molecule has 1 aromatic carbocycles. The first-order valence-electron chi connectivity index (χ1n) is 9.08. The van der Waals surface area contributed by atoms with Crippen molar-refractivity contribution in [1.82, 2.24) is 0 Å². The van der Waals surface area contributed by atoms with Crippen LogP contribution in [0.4, 0.5) is 0 Å². The Morgan fingerprint density at radius 2 is 1.24 bits per heavy atom. The minimum atomic E-state index is 0.828. The fourth-order valence-electron chi connectivity index (χ4n) is 5.00. The SMILES string of the molecule is Cc1cc(P)c(C2CCCCC2)c(C)c1C1CCCCC1. The highest BCUT2D eigenvalue weighted by Gasteiger charge is 2.25. The van der Waals surface area contributed by atoms with E-state index in [1.165, 1.54) is 69.5 Å². The van der Waals surface area contributed by atoms with Crippen molar-refractivity contribution >= 4 is 14.5 Å². The van der Waals surface area contributed by atoms with E-state index >= 15 is 0 Å². The van der Waals surface area contributed by atoms with Crippen molar-refractivity contribution in [3.05, 3.63) is 28.3 Å². The fraction of sp³-hybridized carbons (Fsp3) is 0.700. The lowest BCUT2D eigenvalue weighted by Gasteiger charge is -2.31. The van der Waals surface area contributed by atoms with Crippen LogP contribution in [0.1, 0.15) is 98.3 Å². The van der Waals surface area contributed by atoms with Gasteiger partial charge in [0.1, 0.15) is 0 Å². The maximum absolute atomic E-state index is 3.04. The second-order valence-electron chi connectivity index (χ2n) is 7.40. The van der Waals surface area contributed by atoms with Crippen molar-refractivity contribution in [3.8, 4) is 0 Å². The van der Waals surface area contributed by atoms with E-state index in [2.05, 4.69) is 29.2 Å². The highest BCUT2D eigenvalue weighted by atomic mass is 31.0. The molecule has 1 heteroatoms. The fourth-order valence-corrected chi connectivity index (χ4v) is 5.70. The van der Waals surface area contributed by atoms with Gasteiger partial charge in [-0.05, 0) is 78.9 Å². The molecule has 0 amide bonds. The molecule has 0 nitrogen and oxygen atoms in total. The largest absolute Gasteiger partial charge is 0.105 e. The van der Waals surface area contributed by atoms with Gasteiger partial charge in [0, 0.05) is 0 Å². The molecular weight excluding hydrogens is 271 g/mol. The lowest BCUT2D eigenvalue weighted by Crippen LogP contribution is -2.18. The standard InChI is InChI=1S/C20H31P/c1-14-13-18(21)20(17-11-7-4-8-12-17)15(2)19(14)16-9-5-3-6-10-16/h13,16-17H,3-12,21H2,1-2H3. The van der Waals surface area contributed by atoms with Gasteiger partial charge >= 0.3 is 0 Å². The molecule has 1 atom stereocenters. The van der Waals surface area contributed by atoms with Crippen LogP contribution in [0.3, 0.4) is 0 Å². The third-order valence-corrected chi connectivity index (χ3v) is 6.42. The second-order valence-corrected chi connectivity index (χ2v) is 8.03. The van der Waals surface area contributed by atoms with Gasteiger partial charge in [0.2, 0.25) is 0 Å². The van der Waals surface area contributed by atoms with E-state index in [4.69, 9.17) is 0 Å². The Bertz CT molecular complexity index is 449. The number of benzene rings is 1. The Balaban J connectivity index is 1.99. The molecule has 0 aromatic heterocycles. The van der Waals surface area contributed by atoms with Crippen LogP contribution in [-0.2, 0) is 0 Å². The van der Waals surface area contributed by atoms with E-state index in [-0.39, 0.29) is 0 Å². The van der Waals surface area contributed by atoms with Gasteiger partial charge in [-0.2, -0.15) is 0 Å². The van der Waals surface area contributed by atoms with Gasteiger partial charge < -0.3 is 0 Å². The average molecular weight is 302 g/mol. The van der Waals surface area contributed by atoms with E-state index in [1.54, 1.807) is 22.3 Å². The molecule has 2 aliphatic rings. The number of hydrogen-bond acceptors (Lipinski definition) is 0. The summed E-state index contributed by atoms with van der Waals surface area (Å²) in [7, 11) is 3.04. The molecule has 2 aliphatic carbocycles. The number of rotatable bonds is 2. The first kappa shape index (κ1) is 15.5. The zero-order valence-corrected chi connectivity index (χ0v) is 15.0. The van der Waals surface area contributed by atoms with Crippen molar-refractivity contribution in [2.75, 3.05) is 0 Å². The lowest BCUT2D eigenvalue weighted by atomic mass is 9.75. The van der Waals surface area contributed by atoms with E-state index in [1.807, 2.05) is 0 Å². The molecular formula is C20H31P. The van der Waals surface area contributed by atoms with Gasteiger partial charge in [-0.3, -0.25) is 0 Å². The van der Waals surface area contributed by atoms with Crippen LogP contribution in [0.15, 0.2) is 6.07 Å². The highest BCUT2D eigenvalue weighted by Crippen LogP contribution is 2.41. The zero-order valence-electron chi connectivity index (χ0n) is 13.9. The summed E-state index contributed by atoms with van der Waals surface area (Å²) < 4.78 is 0. The summed E-state index contributed by atoms with van der Waals surface area (Å²) in [5.41, 5.74) is 6.62. The van der Waals surface area contributed by atoms with E-state index < -0.39 is 0 Å². The lowest BCUT2D eigenvalue weighted by molar-refractivity contribution is 0.433. The normalized spacial score (nSPS) is 21.7. The first-order chi connectivity index (χ1) is 10.2. The van der Waals surface area contributed by atoms with Gasteiger partial charge in [-0.15, -0.1) is 9.24 Å². The summed E-state index contributed by atoms with van der Waals surface area (Å²) in [5, 5.41) is 1.48.